The molecule has 0 aromatic heterocycles. The summed E-state index contributed by atoms with van der Waals surface area (Å²) < 4.78 is 18.2. The molecule has 0 unspecified atom stereocenters. The Balaban J connectivity index is 1.53. The van der Waals surface area contributed by atoms with Crippen LogP contribution in [-0.2, 0) is 11.4 Å². The van der Waals surface area contributed by atoms with Crippen molar-refractivity contribution >= 4 is 57.2 Å². The molecule has 3 aromatic carbocycles. The monoisotopic (exact) mass is 625 g/mol. The van der Waals surface area contributed by atoms with Crippen LogP contribution in [0.1, 0.15) is 30.5 Å². The average Bonchev–Trinajstić information content (AvgIpc) is 3.23. The third-order valence-corrected chi connectivity index (χ3v) is 6.88. The predicted molar refractivity (Wildman–Crippen MR) is 154 cm³/mol. The van der Waals surface area contributed by atoms with Gasteiger partial charge in [-0.25, -0.2) is 4.99 Å². The highest BCUT2D eigenvalue weighted by atomic mass is 127. The standard InChI is InChI=1S/C28H24IN3O4S/c1-3-34-22-11-9-21(10-12-22)31-28-32-27(33)25(37-28)15-18-13-23(29)26(24(14-18)35-4-2)36-17-20-8-6-5-7-19(20)16-30/h5-15H,3-4,17H2,1-2H3,(H,31,32,33)/b25-15+. The Hall–Kier alpha value is -3.49. The van der Waals surface area contributed by atoms with Crippen LogP contribution < -0.4 is 19.5 Å². The van der Waals surface area contributed by atoms with Crippen molar-refractivity contribution in [3.8, 4) is 23.3 Å². The van der Waals surface area contributed by atoms with E-state index in [1.54, 1.807) is 12.1 Å². The summed E-state index contributed by atoms with van der Waals surface area (Å²) in [6.45, 7) is 5.12. The minimum Gasteiger partial charge on any atom is -0.494 e. The number of carbonyl (C=O) groups is 1. The number of carbonyl (C=O) groups excluding carboxylic acids is 1. The van der Waals surface area contributed by atoms with Crippen molar-refractivity contribution < 1.29 is 19.0 Å². The zero-order valence-corrected chi connectivity index (χ0v) is 23.3. The van der Waals surface area contributed by atoms with Crippen molar-refractivity contribution in [1.29, 1.82) is 5.26 Å². The third kappa shape index (κ3) is 6.84. The third-order valence-electron chi connectivity index (χ3n) is 5.17. The maximum absolute atomic E-state index is 12.6. The molecular formula is C28H24IN3O4S. The summed E-state index contributed by atoms with van der Waals surface area (Å²) in [6.07, 6.45) is 1.81. The number of nitrogens with zero attached hydrogens (tertiary/aromatic N) is 2. The number of hydrogen-bond acceptors (Lipinski definition) is 7. The van der Waals surface area contributed by atoms with Crippen molar-refractivity contribution in [3.05, 3.63) is 85.8 Å². The van der Waals surface area contributed by atoms with E-state index in [1.165, 1.54) is 11.8 Å². The Morgan fingerprint density at radius 1 is 1.05 bits per heavy atom. The van der Waals surface area contributed by atoms with E-state index < -0.39 is 0 Å². The number of amides is 1. The SMILES string of the molecule is CCOc1ccc(N=C2NC(=O)/C(=C\c3cc(I)c(OCc4ccccc4C#N)c(OCC)c3)S2)cc1. The highest BCUT2D eigenvalue weighted by Gasteiger charge is 2.24. The van der Waals surface area contributed by atoms with Gasteiger partial charge in [-0.05, 0) is 102 Å². The van der Waals surface area contributed by atoms with Gasteiger partial charge in [-0.3, -0.25) is 4.79 Å². The molecule has 1 amide bonds. The molecule has 0 spiro atoms. The van der Waals surface area contributed by atoms with E-state index in [1.807, 2.05) is 68.4 Å². The summed E-state index contributed by atoms with van der Waals surface area (Å²) in [4.78, 5) is 17.7. The molecule has 4 rings (SSSR count). The maximum atomic E-state index is 12.6. The molecule has 0 saturated carbocycles. The van der Waals surface area contributed by atoms with Crippen LogP contribution in [0.15, 0.2) is 70.6 Å². The summed E-state index contributed by atoms with van der Waals surface area (Å²) in [5, 5.41) is 12.7. The Bertz CT molecular complexity index is 1400. The van der Waals surface area contributed by atoms with Crippen LogP contribution >= 0.6 is 34.4 Å². The summed E-state index contributed by atoms with van der Waals surface area (Å²) >= 11 is 3.47. The second-order valence-electron chi connectivity index (χ2n) is 7.73. The van der Waals surface area contributed by atoms with Gasteiger partial charge in [0.25, 0.3) is 5.91 Å². The average molecular weight is 625 g/mol. The first-order valence-corrected chi connectivity index (χ1v) is 13.5. The van der Waals surface area contributed by atoms with Crippen molar-refractivity contribution in [3.63, 3.8) is 0 Å². The predicted octanol–water partition coefficient (Wildman–Crippen LogP) is 6.43. The van der Waals surface area contributed by atoms with Gasteiger partial charge in [-0.1, -0.05) is 18.2 Å². The Morgan fingerprint density at radius 2 is 1.81 bits per heavy atom. The topological polar surface area (TPSA) is 92.9 Å². The van der Waals surface area contributed by atoms with Gasteiger partial charge >= 0.3 is 0 Å². The van der Waals surface area contributed by atoms with Gasteiger partial charge < -0.3 is 19.5 Å². The Morgan fingerprint density at radius 3 is 2.54 bits per heavy atom. The molecule has 1 N–H and O–H groups in total. The van der Waals surface area contributed by atoms with E-state index in [9.17, 15) is 10.1 Å². The van der Waals surface area contributed by atoms with Crippen LogP contribution in [0.5, 0.6) is 17.2 Å². The number of hydrogen-bond donors (Lipinski definition) is 1. The molecule has 0 atom stereocenters. The van der Waals surface area contributed by atoms with E-state index in [0.29, 0.717) is 40.3 Å². The molecular weight excluding hydrogens is 601 g/mol. The Labute approximate surface area is 233 Å². The molecule has 1 aliphatic heterocycles. The van der Waals surface area contributed by atoms with Gasteiger partial charge in [0.2, 0.25) is 0 Å². The van der Waals surface area contributed by atoms with Crippen molar-refractivity contribution in [2.45, 2.75) is 20.5 Å². The van der Waals surface area contributed by atoms with Gasteiger partial charge in [0.1, 0.15) is 12.4 Å². The summed E-state index contributed by atoms with van der Waals surface area (Å²) in [7, 11) is 0. The number of benzene rings is 3. The second-order valence-corrected chi connectivity index (χ2v) is 9.92. The van der Waals surface area contributed by atoms with E-state index in [-0.39, 0.29) is 12.5 Å². The van der Waals surface area contributed by atoms with Crippen LogP contribution in [0, 0.1) is 14.9 Å². The molecule has 7 nitrogen and oxygen atoms in total. The van der Waals surface area contributed by atoms with E-state index >= 15 is 0 Å². The number of nitriles is 1. The lowest BCUT2D eigenvalue weighted by atomic mass is 10.1. The first kappa shape index (κ1) is 26.6. The van der Waals surface area contributed by atoms with Crippen molar-refractivity contribution in [2.24, 2.45) is 4.99 Å². The van der Waals surface area contributed by atoms with Gasteiger partial charge in [-0.15, -0.1) is 0 Å². The highest BCUT2D eigenvalue weighted by molar-refractivity contribution is 14.1. The van der Waals surface area contributed by atoms with Crippen LogP contribution in [0.4, 0.5) is 5.69 Å². The van der Waals surface area contributed by atoms with Crippen molar-refractivity contribution in [2.75, 3.05) is 13.2 Å². The van der Waals surface area contributed by atoms with Crippen LogP contribution in [0.3, 0.4) is 0 Å². The number of rotatable bonds is 9. The number of halogens is 1. The quantitative estimate of drug-likeness (QED) is 0.218. The lowest BCUT2D eigenvalue weighted by Crippen LogP contribution is -2.19. The summed E-state index contributed by atoms with van der Waals surface area (Å²) in [5.74, 6) is 1.73. The minimum atomic E-state index is -0.212. The van der Waals surface area contributed by atoms with Crippen LogP contribution in [0.2, 0.25) is 0 Å². The molecule has 1 heterocycles. The van der Waals surface area contributed by atoms with Gasteiger partial charge in [-0.2, -0.15) is 5.26 Å². The smallest absolute Gasteiger partial charge is 0.264 e. The van der Waals surface area contributed by atoms with Crippen LogP contribution in [0.25, 0.3) is 6.08 Å². The summed E-state index contributed by atoms with van der Waals surface area (Å²) in [5.41, 5.74) is 2.90. The number of ether oxygens (including phenoxy) is 3. The number of amidine groups is 1. The molecule has 188 valence electrons. The van der Waals surface area contributed by atoms with Crippen LogP contribution in [-0.4, -0.2) is 24.3 Å². The fraction of sp³-hybridized carbons (Fsp3) is 0.179. The Kier molecular flexibility index (Phi) is 9.09. The molecule has 37 heavy (non-hydrogen) atoms. The van der Waals surface area contributed by atoms with E-state index in [0.717, 1.165) is 26.1 Å². The lowest BCUT2D eigenvalue weighted by Gasteiger charge is -2.15. The van der Waals surface area contributed by atoms with E-state index in [4.69, 9.17) is 14.2 Å². The van der Waals surface area contributed by atoms with Crippen molar-refractivity contribution in [1.82, 2.24) is 5.32 Å². The van der Waals surface area contributed by atoms with E-state index in [2.05, 4.69) is 39.0 Å². The second kappa shape index (κ2) is 12.7. The fourth-order valence-electron chi connectivity index (χ4n) is 3.51. The molecule has 0 radical (unpaired) electrons. The number of nitrogens with one attached hydrogen (secondary N) is 1. The normalized spacial score (nSPS) is 14.9. The number of thioether (sulfide) groups is 1. The first-order valence-electron chi connectivity index (χ1n) is 11.6. The lowest BCUT2D eigenvalue weighted by molar-refractivity contribution is -0.115. The molecule has 0 bridgehead atoms. The molecule has 9 heteroatoms. The first-order chi connectivity index (χ1) is 18.0. The minimum absolute atomic E-state index is 0.212. The largest absolute Gasteiger partial charge is 0.494 e. The zero-order chi connectivity index (χ0) is 26.2. The molecule has 1 saturated heterocycles. The molecule has 1 fully saturated rings. The van der Waals surface area contributed by atoms with Gasteiger partial charge in [0.05, 0.1) is 39.0 Å². The maximum Gasteiger partial charge on any atom is 0.264 e. The zero-order valence-electron chi connectivity index (χ0n) is 20.3. The molecule has 0 aliphatic carbocycles. The van der Waals surface area contributed by atoms with Gasteiger partial charge in [0, 0.05) is 5.56 Å². The number of aliphatic imine (C=N–C) groups is 1. The highest BCUT2D eigenvalue weighted by Crippen LogP contribution is 2.37. The fourth-order valence-corrected chi connectivity index (χ4v) is 5.14. The summed E-state index contributed by atoms with van der Waals surface area (Å²) in [6, 6.07) is 20.7. The van der Waals surface area contributed by atoms with Gasteiger partial charge in [0.15, 0.2) is 16.7 Å². The molecule has 1 aliphatic rings. The molecule has 3 aromatic rings.